The number of benzene rings is 2. The SMILES string of the molecule is O=C(NCCCS(=O)(=O)O)c1c2ccccc2nc2cccc(CCCS(=O)(=O)O)c12. The van der Waals surface area contributed by atoms with Crippen molar-refractivity contribution < 1.29 is 30.7 Å². The van der Waals surface area contributed by atoms with Gasteiger partial charge in [0, 0.05) is 17.3 Å². The topological polar surface area (TPSA) is 151 Å². The van der Waals surface area contributed by atoms with E-state index in [1.54, 1.807) is 42.5 Å². The number of nitrogens with one attached hydrogen (secondary N) is 1. The van der Waals surface area contributed by atoms with Gasteiger partial charge < -0.3 is 5.32 Å². The molecule has 0 atom stereocenters. The summed E-state index contributed by atoms with van der Waals surface area (Å²) >= 11 is 0. The van der Waals surface area contributed by atoms with Gasteiger partial charge in [0.25, 0.3) is 26.1 Å². The molecular formula is C20H22N2O7S2. The molecule has 0 unspecified atom stereocenters. The Morgan fingerprint density at radius 3 is 2.23 bits per heavy atom. The molecule has 1 aromatic heterocycles. The first kappa shape index (κ1) is 23.1. The van der Waals surface area contributed by atoms with Crippen molar-refractivity contribution in [3.63, 3.8) is 0 Å². The van der Waals surface area contributed by atoms with Crippen molar-refractivity contribution in [3.05, 3.63) is 53.6 Å². The van der Waals surface area contributed by atoms with E-state index in [-0.39, 0.29) is 19.4 Å². The van der Waals surface area contributed by atoms with Gasteiger partial charge >= 0.3 is 0 Å². The summed E-state index contributed by atoms with van der Waals surface area (Å²) < 4.78 is 61.8. The molecule has 1 amide bonds. The van der Waals surface area contributed by atoms with Gasteiger partial charge in [0.15, 0.2) is 0 Å². The molecule has 3 N–H and O–H groups in total. The number of amides is 1. The fourth-order valence-corrected chi connectivity index (χ4v) is 4.47. The molecule has 2 aromatic carbocycles. The zero-order chi connectivity index (χ0) is 22.6. The van der Waals surface area contributed by atoms with E-state index < -0.39 is 37.6 Å². The molecule has 3 rings (SSSR count). The van der Waals surface area contributed by atoms with Crippen molar-refractivity contribution >= 4 is 47.9 Å². The highest BCUT2D eigenvalue weighted by Crippen LogP contribution is 2.29. The molecule has 0 bridgehead atoms. The summed E-state index contributed by atoms with van der Waals surface area (Å²) in [4.78, 5) is 17.7. The van der Waals surface area contributed by atoms with Gasteiger partial charge in [-0.1, -0.05) is 30.3 Å². The van der Waals surface area contributed by atoms with Crippen molar-refractivity contribution in [1.82, 2.24) is 10.3 Å². The number of fused-ring (bicyclic) bond motifs is 2. The standard InChI is InChI=1S/C20H22N2O7S2/c23-20(21-11-5-13-31(27,28)29)19-15-8-1-2-9-16(15)22-17-10-3-6-14(18(17)19)7-4-12-30(24,25)26/h1-3,6,8-10H,4-5,7,11-13H2,(H,21,23)(H,24,25,26)(H,27,28,29). The molecule has 0 fully saturated rings. The summed E-state index contributed by atoms with van der Waals surface area (Å²) in [5, 5.41) is 3.86. The van der Waals surface area contributed by atoms with Crippen LogP contribution in [0.1, 0.15) is 28.8 Å². The normalized spacial score (nSPS) is 12.3. The molecule has 0 aliphatic carbocycles. The molecule has 0 aliphatic heterocycles. The largest absolute Gasteiger partial charge is 0.352 e. The minimum absolute atomic E-state index is 0.0433. The highest BCUT2D eigenvalue weighted by Gasteiger charge is 2.19. The van der Waals surface area contributed by atoms with Gasteiger partial charge in [-0.25, -0.2) is 4.98 Å². The van der Waals surface area contributed by atoms with Gasteiger partial charge in [0.2, 0.25) is 0 Å². The van der Waals surface area contributed by atoms with E-state index in [0.29, 0.717) is 39.4 Å². The van der Waals surface area contributed by atoms with Gasteiger partial charge in [-0.2, -0.15) is 16.8 Å². The van der Waals surface area contributed by atoms with Crippen LogP contribution in [0.25, 0.3) is 21.8 Å². The Morgan fingerprint density at radius 2 is 1.52 bits per heavy atom. The van der Waals surface area contributed by atoms with Gasteiger partial charge in [-0.3, -0.25) is 13.9 Å². The van der Waals surface area contributed by atoms with Crippen LogP contribution in [0.4, 0.5) is 0 Å². The highest BCUT2D eigenvalue weighted by atomic mass is 32.2. The first-order valence-electron chi connectivity index (χ1n) is 9.54. The second kappa shape index (κ2) is 9.27. The number of aryl methyl sites for hydroxylation is 1. The zero-order valence-electron chi connectivity index (χ0n) is 16.5. The lowest BCUT2D eigenvalue weighted by molar-refractivity contribution is 0.0956. The molecule has 11 heteroatoms. The third-order valence-electron chi connectivity index (χ3n) is 4.73. The minimum atomic E-state index is -4.12. The number of aromatic nitrogens is 1. The first-order valence-corrected chi connectivity index (χ1v) is 12.8. The Morgan fingerprint density at radius 1 is 0.871 bits per heavy atom. The fourth-order valence-electron chi connectivity index (χ4n) is 3.45. The monoisotopic (exact) mass is 466 g/mol. The van der Waals surface area contributed by atoms with Gasteiger partial charge in [0.05, 0.1) is 28.1 Å². The third kappa shape index (κ3) is 6.20. The Balaban J connectivity index is 2.02. The van der Waals surface area contributed by atoms with Crippen LogP contribution in [0.5, 0.6) is 0 Å². The summed E-state index contributed by atoms with van der Waals surface area (Å²) in [5.41, 5.74) is 2.23. The van der Waals surface area contributed by atoms with Crippen LogP contribution in [-0.4, -0.2) is 54.9 Å². The summed E-state index contributed by atoms with van der Waals surface area (Å²) in [7, 11) is -8.22. The molecule has 3 aromatic rings. The average Bonchev–Trinajstić information content (AvgIpc) is 2.67. The second-order valence-electron chi connectivity index (χ2n) is 7.10. The minimum Gasteiger partial charge on any atom is -0.352 e. The number of pyridine rings is 1. The van der Waals surface area contributed by atoms with E-state index in [1.807, 2.05) is 0 Å². The molecule has 0 saturated carbocycles. The van der Waals surface area contributed by atoms with E-state index in [9.17, 15) is 21.6 Å². The maximum atomic E-state index is 13.1. The molecule has 9 nitrogen and oxygen atoms in total. The maximum Gasteiger partial charge on any atom is 0.264 e. The number of nitrogens with zero attached hydrogens (tertiary/aromatic N) is 1. The van der Waals surface area contributed by atoms with E-state index in [1.165, 1.54) is 0 Å². The number of carbonyl (C=O) groups is 1. The van der Waals surface area contributed by atoms with Crippen molar-refractivity contribution in [1.29, 1.82) is 0 Å². The molecule has 166 valence electrons. The Kier molecular flexibility index (Phi) is 6.90. The van der Waals surface area contributed by atoms with Crippen LogP contribution < -0.4 is 5.32 Å². The molecule has 1 heterocycles. The van der Waals surface area contributed by atoms with Crippen molar-refractivity contribution in [3.8, 4) is 0 Å². The van der Waals surface area contributed by atoms with Crippen molar-refractivity contribution in [2.24, 2.45) is 0 Å². The van der Waals surface area contributed by atoms with Crippen LogP contribution >= 0.6 is 0 Å². The number of rotatable bonds is 9. The summed E-state index contributed by atoms with van der Waals surface area (Å²) in [6.45, 7) is 0.0433. The van der Waals surface area contributed by atoms with Gasteiger partial charge in [0.1, 0.15) is 0 Å². The first-order chi connectivity index (χ1) is 14.6. The quantitative estimate of drug-likeness (QED) is 0.247. The average molecular weight is 467 g/mol. The predicted molar refractivity (Wildman–Crippen MR) is 117 cm³/mol. The highest BCUT2D eigenvalue weighted by molar-refractivity contribution is 7.86. The number of hydrogen-bond donors (Lipinski definition) is 3. The summed E-state index contributed by atoms with van der Waals surface area (Å²) in [6.07, 6.45) is 0.521. The Hall–Kier alpha value is -2.60. The summed E-state index contributed by atoms with van der Waals surface area (Å²) in [5.74, 6) is -1.30. The van der Waals surface area contributed by atoms with E-state index >= 15 is 0 Å². The van der Waals surface area contributed by atoms with Crippen LogP contribution in [0, 0.1) is 0 Å². The van der Waals surface area contributed by atoms with Crippen LogP contribution in [0.15, 0.2) is 42.5 Å². The van der Waals surface area contributed by atoms with E-state index in [2.05, 4.69) is 10.3 Å². The molecule has 0 aliphatic rings. The van der Waals surface area contributed by atoms with Crippen LogP contribution in [-0.2, 0) is 26.7 Å². The van der Waals surface area contributed by atoms with Gasteiger partial charge in [-0.15, -0.1) is 0 Å². The Bertz CT molecular complexity index is 1340. The van der Waals surface area contributed by atoms with E-state index in [4.69, 9.17) is 9.11 Å². The predicted octanol–water partition coefficient (Wildman–Crippen LogP) is 2.22. The molecular weight excluding hydrogens is 444 g/mol. The number of hydrogen-bond acceptors (Lipinski definition) is 6. The Labute approximate surface area is 180 Å². The van der Waals surface area contributed by atoms with E-state index in [0.717, 1.165) is 0 Å². The molecule has 0 radical (unpaired) electrons. The molecule has 0 saturated heterocycles. The lowest BCUT2D eigenvalue weighted by atomic mass is 9.96. The third-order valence-corrected chi connectivity index (χ3v) is 6.34. The smallest absolute Gasteiger partial charge is 0.264 e. The van der Waals surface area contributed by atoms with Crippen molar-refractivity contribution in [2.75, 3.05) is 18.1 Å². The van der Waals surface area contributed by atoms with Crippen molar-refractivity contribution in [2.45, 2.75) is 19.3 Å². The number of para-hydroxylation sites is 1. The lowest BCUT2D eigenvalue weighted by Gasteiger charge is -2.14. The number of carbonyl (C=O) groups excluding carboxylic acids is 1. The molecule has 0 spiro atoms. The zero-order valence-corrected chi connectivity index (χ0v) is 18.1. The summed E-state index contributed by atoms with van der Waals surface area (Å²) in [6, 6.07) is 12.4. The fraction of sp³-hybridized carbons (Fsp3) is 0.300. The second-order valence-corrected chi connectivity index (χ2v) is 10.2. The maximum absolute atomic E-state index is 13.1. The molecule has 31 heavy (non-hydrogen) atoms. The van der Waals surface area contributed by atoms with Gasteiger partial charge in [-0.05, 0) is 37.0 Å². The van der Waals surface area contributed by atoms with Crippen LogP contribution in [0.3, 0.4) is 0 Å². The lowest BCUT2D eigenvalue weighted by Crippen LogP contribution is -2.26. The van der Waals surface area contributed by atoms with Crippen LogP contribution in [0.2, 0.25) is 0 Å².